The second-order valence-electron chi connectivity index (χ2n) is 3.93. The van der Waals surface area contributed by atoms with E-state index in [9.17, 15) is 0 Å². The normalized spacial score (nSPS) is 9.94. The number of nitrogens with zero attached hydrogens (tertiary/aromatic N) is 3. The zero-order valence-corrected chi connectivity index (χ0v) is 10.0. The maximum Gasteiger partial charge on any atom is 0.101 e. The third-order valence-corrected chi connectivity index (χ3v) is 2.67. The first-order chi connectivity index (χ1) is 8.81. The molecule has 0 unspecified atom stereocenters. The van der Waals surface area contributed by atoms with Gasteiger partial charge >= 0.3 is 0 Å². The van der Waals surface area contributed by atoms with Gasteiger partial charge in [0.2, 0.25) is 0 Å². The highest BCUT2D eigenvalue weighted by atomic mass is 15.3. The van der Waals surface area contributed by atoms with E-state index in [-0.39, 0.29) is 0 Å². The highest BCUT2D eigenvalue weighted by Gasteiger charge is 2.03. The van der Waals surface area contributed by atoms with Gasteiger partial charge in [-0.15, -0.1) is 0 Å². The van der Waals surface area contributed by atoms with Gasteiger partial charge < -0.3 is 11.1 Å². The summed E-state index contributed by atoms with van der Waals surface area (Å²) in [5.74, 6) is 0. The van der Waals surface area contributed by atoms with Crippen molar-refractivity contribution in [3.05, 3.63) is 42.2 Å². The van der Waals surface area contributed by atoms with Crippen molar-refractivity contribution >= 4 is 11.4 Å². The summed E-state index contributed by atoms with van der Waals surface area (Å²) >= 11 is 0. The SMILES string of the molecule is N#Cc1cccc(NCCCn2cccn2)c1N. The lowest BCUT2D eigenvalue weighted by molar-refractivity contribution is 0.592. The topological polar surface area (TPSA) is 79.7 Å². The second kappa shape index (κ2) is 5.73. The number of anilines is 2. The Bertz CT molecular complexity index is 539. The number of aryl methyl sites for hydroxylation is 1. The third kappa shape index (κ3) is 2.80. The van der Waals surface area contributed by atoms with Gasteiger partial charge in [0.15, 0.2) is 0 Å². The number of nitrogen functional groups attached to an aromatic ring is 1. The molecule has 0 atom stereocenters. The average Bonchev–Trinajstić information content (AvgIpc) is 2.89. The molecule has 2 aromatic rings. The summed E-state index contributed by atoms with van der Waals surface area (Å²) in [6, 6.07) is 9.39. The van der Waals surface area contributed by atoms with Gasteiger partial charge in [-0.3, -0.25) is 4.68 Å². The van der Waals surface area contributed by atoms with E-state index in [2.05, 4.69) is 16.5 Å². The Labute approximate surface area is 106 Å². The fraction of sp³-hybridized carbons (Fsp3) is 0.231. The Balaban J connectivity index is 1.85. The predicted molar refractivity (Wildman–Crippen MR) is 70.9 cm³/mol. The molecule has 2 rings (SSSR count). The molecule has 0 bridgehead atoms. The number of rotatable bonds is 5. The molecule has 0 aliphatic rings. The highest BCUT2D eigenvalue weighted by molar-refractivity contribution is 5.72. The van der Waals surface area contributed by atoms with E-state index in [1.807, 2.05) is 29.1 Å². The van der Waals surface area contributed by atoms with Crippen molar-refractivity contribution in [2.75, 3.05) is 17.6 Å². The largest absolute Gasteiger partial charge is 0.396 e. The first-order valence-electron chi connectivity index (χ1n) is 5.81. The van der Waals surface area contributed by atoms with E-state index in [0.717, 1.165) is 25.2 Å². The van der Waals surface area contributed by atoms with Gasteiger partial charge in [-0.05, 0) is 24.6 Å². The van der Waals surface area contributed by atoms with E-state index in [0.29, 0.717) is 11.3 Å². The van der Waals surface area contributed by atoms with Crippen LogP contribution in [-0.4, -0.2) is 16.3 Å². The molecular formula is C13H15N5. The fourth-order valence-corrected chi connectivity index (χ4v) is 1.71. The summed E-state index contributed by atoms with van der Waals surface area (Å²) in [6.07, 6.45) is 4.64. The number of nitriles is 1. The van der Waals surface area contributed by atoms with Crippen LogP contribution in [0.4, 0.5) is 11.4 Å². The van der Waals surface area contributed by atoms with Crippen molar-refractivity contribution in [3.63, 3.8) is 0 Å². The molecule has 5 nitrogen and oxygen atoms in total. The molecule has 0 aliphatic carbocycles. The molecule has 0 saturated heterocycles. The molecule has 0 aliphatic heterocycles. The van der Waals surface area contributed by atoms with Crippen molar-refractivity contribution in [1.29, 1.82) is 5.26 Å². The predicted octanol–water partition coefficient (Wildman–Crippen LogP) is 1.84. The molecule has 1 heterocycles. The lowest BCUT2D eigenvalue weighted by Crippen LogP contribution is -2.08. The number of hydrogen-bond donors (Lipinski definition) is 2. The van der Waals surface area contributed by atoms with Crippen LogP contribution in [0.3, 0.4) is 0 Å². The lowest BCUT2D eigenvalue weighted by atomic mass is 10.1. The van der Waals surface area contributed by atoms with Crippen molar-refractivity contribution in [1.82, 2.24) is 9.78 Å². The fourth-order valence-electron chi connectivity index (χ4n) is 1.71. The third-order valence-electron chi connectivity index (χ3n) is 2.67. The molecule has 0 saturated carbocycles. The van der Waals surface area contributed by atoms with Crippen LogP contribution in [0.1, 0.15) is 12.0 Å². The van der Waals surface area contributed by atoms with Crippen LogP contribution >= 0.6 is 0 Å². The number of aromatic nitrogens is 2. The summed E-state index contributed by atoms with van der Waals surface area (Å²) in [5.41, 5.74) is 7.70. The van der Waals surface area contributed by atoms with Gasteiger partial charge in [0.25, 0.3) is 0 Å². The van der Waals surface area contributed by atoms with Crippen LogP contribution in [-0.2, 0) is 6.54 Å². The quantitative estimate of drug-likeness (QED) is 0.618. The lowest BCUT2D eigenvalue weighted by Gasteiger charge is -2.10. The molecule has 0 spiro atoms. The smallest absolute Gasteiger partial charge is 0.101 e. The van der Waals surface area contributed by atoms with Crippen LogP contribution in [0.5, 0.6) is 0 Å². The maximum absolute atomic E-state index is 8.87. The first kappa shape index (κ1) is 12.0. The number of benzene rings is 1. The van der Waals surface area contributed by atoms with Crippen LogP contribution in [0.15, 0.2) is 36.7 Å². The second-order valence-corrected chi connectivity index (χ2v) is 3.93. The van der Waals surface area contributed by atoms with Gasteiger partial charge in [0, 0.05) is 25.5 Å². The molecule has 3 N–H and O–H groups in total. The highest BCUT2D eigenvalue weighted by Crippen LogP contribution is 2.21. The van der Waals surface area contributed by atoms with Crippen LogP contribution in [0, 0.1) is 11.3 Å². The molecule has 18 heavy (non-hydrogen) atoms. The zero-order valence-electron chi connectivity index (χ0n) is 10.0. The van der Waals surface area contributed by atoms with Gasteiger partial charge in [-0.25, -0.2) is 0 Å². The molecule has 5 heteroatoms. The van der Waals surface area contributed by atoms with Gasteiger partial charge in [-0.1, -0.05) is 6.07 Å². The van der Waals surface area contributed by atoms with E-state index in [1.165, 1.54) is 0 Å². The monoisotopic (exact) mass is 241 g/mol. The maximum atomic E-state index is 8.87. The number of para-hydroxylation sites is 1. The molecule has 0 fully saturated rings. The first-order valence-corrected chi connectivity index (χ1v) is 5.81. The zero-order chi connectivity index (χ0) is 12.8. The van der Waals surface area contributed by atoms with Crippen LogP contribution in [0.2, 0.25) is 0 Å². The van der Waals surface area contributed by atoms with Gasteiger partial charge in [0.05, 0.1) is 16.9 Å². The number of nitrogens with two attached hydrogens (primary N) is 1. The minimum atomic E-state index is 0.507. The standard InChI is InChI=1S/C13H15N5/c14-10-11-4-1-5-12(13(11)15)16-6-2-8-18-9-3-7-17-18/h1,3-5,7,9,16H,2,6,8,15H2. The van der Waals surface area contributed by atoms with Gasteiger partial charge in [0.1, 0.15) is 6.07 Å². The Kier molecular flexibility index (Phi) is 3.82. The minimum absolute atomic E-state index is 0.507. The summed E-state index contributed by atoms with van der Waals surface area (Å²) in [4.78, 5) is 0. The molecule has 92 valence electrons. The number of hydrogen-bond acceptors (Lipinski definition) is 4. The van der Waals surface area contributed by atoms with E-state index >= 15 is 0 Å². The molecule has 0 radical (unpaired) electrons. The molecule has 0 amide bonds. The van der Waals surface area contributed by atoms with Gasteiger partial charge in [-0.2, -0.15) is 10.4 Å². The Hall–Kier alpha value is -2.48. The average molecular weight is 241 g/mol. The van der Waals surface area contributed by atoms with E-state index in [1.54, 1.807) is 12.3 Å². The van der Waals surface area contributed by atoms with Crippen molar-refractivity contribution in [3.8, 4) is 6.07 Å². The van der Waals surface area contributed by atoms with Crippen LogP contribution < -0.4 is 11.1 Å². The minimum Gasteiger partial charge on any atom is -0.396 e. The van der Waals surface area contributed by atoms with Crippen LogP contribution in [0.25, 0.3) is 0 Å². The number of nitrogens with one attached hydrogen (secondary N) is 1. The summed E-state index contributed by atoms with van der Waals surface area (Å²) in [7, 11) is 0. The van der Waals surface area contributed by atoms with Crippen molar-refractivity contribution in [2.24, 2.45) is 0 Å². The Morgan fingerprint density at radius 1 is 1.39 bits per heavy atom. The van der Waals surface area contributed by atoms with E-state index < -0.39 is 0 Å². The summed E-state index contributed by atoms with van der Waals surface area (Å²) < 4.78 is 1.89. The molecule has 1 aromatic heterocycles. The Morgan fingerprint density at radius 2 is 2.28 bits per heavy atom. The molecular weight excluding hydrogens is 226 g/mol. The van der Waals surface area contributed by atoms with Crippen molar-refractivity contribution < 1.29 is 0 Å². The Morgan fingerprint density at radius 3 is 3.00 bits per heavy atom. The summed E-state index contributed by atoms with van der Waals surface area (Å²) in [6.45, 7) is 1.65. The summed E-state index contributed by atoms with van der Waals surface area (Å²) in [5, 5.41) is 16.2. The molecule has 1 aromatic carbocycles. The van der Waals surface area contributed by atoms with Crippen molar-refractivity contribution in [2.45, 2.75) is 13.0 Å². The van der Waals surface area contributed by atoms with E-state index in [4.69, 9.17) is 11.0 Å².